The van der Waals surface area contributed by atoms with Crippen molar-refractivity contribution in [2.45, 2.75) is 12.7 Å². The van der Waals surface area contributed by atoms with Gasteiger partial charge in [-0.15, -0.1) is 0 Å². The number of tetrazole rings is 1. The molecule has 1 aromatic carbocycles. The first-order valence-electron chi connectivity index (χ1n) is 14.7. The molecule has 258 valence electrons. The van der Waals surface area contributed by atoms with E-state index < -0.39 is 23.8 Å². The molecule has 49 heavy (non-hydrogen) atoms. The van der Waals surface area contributed by atoms with Crippen LogP contribution in [0.25, 0.3) is 28.0 Å². The molecule has 0 aliphatic carbocycles. The van der Waals surface area contributed by atoms with Crippen LogP contribution >= 0.6 is 0 Å². The highest BCUT2D eigenvalue weighted by atomic mass is 19.4. The van der Waals surface area contributed by atoms with Crippen LogP contribution in [0.2, 0.25) is 0 Å². The number of benzene rings is 1. The summed E-state index contributed by atoms with van der Waals surface area (Å²) in [6, 6.07) is 11.4. The number of anilines is 1. The van der Waals surface area contributed by atoms with E-state index in [1.54, 1.807) is 9.58 Å². The zero-order chi connectivity index (χ0) is 35.1. The molecular weight excluding hydrogens is 655 g/mol. The fourth-order valence-electron chi connectivity index (χ4n) is 5.01. The van der Waals surface area contributed by atoms with Crippen molar-refractivity contribution in [3.05, 3.63) is 60.0 Å². The molecule has 0 spiro atoms. The highest BCUT2D eigenvalue weighted by molar-refractivity contribution is 6.45. The van der Waals surface area contributed by atoms with Crippen LogP contribution in [0.5, 0.6) is 5.75 Å². The number of methoxy groups -OCH3 is 1. The summed E-state index contributed by atoms with van der Waals surface area (Å²) in [5, 5.41) is 39.1. The number of aliphatic carboxylic acids is 1. The number of rotatable bonds is 10. The molecule has 20 heteroatoms. The maximum absolute atomic E-state index is 13.5. The van der Waals surface area contributed by atoms with E-state index in [0.717, 1.165) is 11.4 Å². The summed E-state index contributed by atoms with van der Waals surface area (Å²) in [7, 11) is 1.49. The van der Waals surface area contributed by atoms with Gasteiger partial charge in [-0.2, -0.15) is 23.0 Å². The Morgan fingerprint density at radius 2 is 1.82 bits per heavy atom. The summed E-state index contributed by atoms with van der Waals surface area (Å²) in [5.41, 5.74) is 3.43. The Morgan fingerprint density at radius 3 is 2.47 bits per heavy atom. The standard InChI is InChI=1S/C27H29N11O4.C2HF3O2/c1-42-21-16-30-23(20-13-17(31-32-20)14-28-7-12-39)24-22(21)19(15-29-24)25(40)26(41)36-8-10-37(11-9-36)27-33-34-35-38(27)18-5-3-2-4-6-18;3-2(4,5)1(6)7/h2-6,13,15-16,28-29,39H,7-12,14H2,1H3,(H,31,32);(H,6,7). The number of ether oxygens (including phenoxy) is 1. The molecule has 6 rings (SSSR count). The Morgan fingerprint density at radius 1 is 1.10 bits per heavy atom. The lowest BCUT2D eigenvalue weighted by Gasteiger charge is -2.34. The number of aliphatic hydroxyl groups excluding tert-OH is 1. The van der Waals surface area contributed by atoms with Crippen molar-refractivity contribution in [3.8, 4) is 22.8 Å². The second kappa shape index (κ2) is 14.9. The normalized spacial score (nSPS) is 13.2. The van der Waals surface area contributed by atoms with Gasteiger partial charge in [-0.1, -0.05) is 23.3 Å². The number of hydrogen-bond donors (Lipinski definition) is 5. The van der Waals surface area contributed by atoms with Gasteiger partial charge in [0.25, 0.3) is 11.7 Å². The summed E-state index contributed by atoms with van der Waals surface area (Å²) in [6.45, 7) is 2.57. The molecule has 17 nitrogen and oxygen atoms in total. The Bertz CT molecular complexity index is 1920. The van der Waals surface area contributed by atoms with E-state index in [0.29, 0.717) is 73.3 Å². The van der Waals surface area contributed by atoms with Crippen LogP contribution in [-0.4, -0.2) is 126 Å². The number of nitrogens with zero attached hydrogens (tertiary/aromatic N) is 8. The van der Waals surface area contributed by atoms with Crippen molar-refractivity contribution >= 4 is 34.5 Å². The highest BCUT2D eigenvalue weighted by Crippen LogP contribution is 2.34. The molecule has 1 saturated heterocycles. The number of carboxylic acids is 1. The van der Waals surface area contributed by atoms with Crippen molar-refractivity contribution in [3.63, 3.8) is 0 Å². The fraction of sp³-hybridized carbons (Fsp3) is 0.310. The molecule has 0 atom stereocenters. The van der Waals surface area contributed by atoms with Crippen molar-refractivity contribution in [2.24, 2.45) is 0 Å². The molecule has 1 aliphatic heterocycles. The predicted octanol–water partition coefficient (Wildman–Crippen LogP) is 1.18. The number of H-pyrrole nitrogens is 2. The van der Waals surface area contributed by atoms with E-state index in [4.69, 9.17) is 19.7 Å². The number of aromatic amines is 2. The first-order valence-corrected chi connectivity index (χ1v) is 14.7. The third-order valence-electron chi connectivity index (χ3n) is 7.36. The minimum atomic E-state index is -5.08. The van der Waals surface area contributed by atoms with Gasteiger partial charge in [-0.3, -0.25) is 14.7 Å². The molecular formula is C29H30F3N11O6. The van der Waals surface area contributed by atoms with Gasteiger partial charge in [-0.25, -0.2) is 9.78 Å². The van der Waals surface area contributed by atoms with E-state index in [2.05, 4.69) is 41.0 Å². The Labute approximate surface area is 274 Å². The number of carbonyl (C=O) groups excluding carboxylic acids is 2. The van der Waals surface area contributed by atoms with E-state index in [1.165, 1.54) is 19.5 Å². The number of alkyl halides is 3. The summed E-state index contributed by atoms with van der Waals surface area (Å²) in [6.07, 6.45) is -2.06. The number of carboxylic acid groups (broad SMARTS) is 1. The summed E-state index contributed by atoms with van der Waals surface area (Å²) in [5.74, 6) is -3.06. The molecule has 5 N–H and O–H groups in total. The zero-order valence-corrected chi connectivity index (χ0v) is 25.8. The minimum absolute atomic E-state index is 0.0317. The molecule has 0 radical (unpaired) electrons. The molecule has 0 bridgehead atoms. The monoisotopic (exact) mass is 685 g/mol. The molecule has 0 saturated carbocycles. The van der Waals surface area contributed by atoms with E-state index in [9.17, 15) is 22.8 Å². The Balaban J connectivity index is 0.000000606. The van der Waals surface area contributed by atoms with Gasteiger partial charge in [0.1, 0.15) is 17.1 Å². The van der Waals surface area contributed by atoms with Gasteiger partial charge in [0.05, 0.1) is 42.1 Å². The van der Waals surface area contributed by atoms with Gasteiger partial charge < -0.3 is 35.1 Å². The summed E-state index contributed by atoms with van der Waals surface area (Å²) < 4.78 is 38.9. The fourth-order valence-corrected chi connectivity index (χ4v) is 5.01. The number of halogens is 3. The number of aliphatic hydroxyl groups is 1. The van der Waals surface area contributed by atoms with Gasteiger partial charge >= 0.3 is 12.1 Å². The largest absolute Gasteiger partial charge is 0.494 e. The van der Waals surface area contributed by atoms with Crippen molar-refractivity contribution < 1.29 is 42.5 Å². The van der Waals surface area contributed by atoms with Crippen LogP contribution in [0.15, 0.2) is 48.8 Å². The van der Waals surface area contributed by atoms with Gasteiger partial charge in [0, 0.05) is 51.2 Å². The number of Topliss-reactive ketones (excluding diaryl/α,β-unsaturated/α-hetero) is 1. The number of amides is 1. The number of nitrogens with one attached hydrogen (secondary N) is 3. The lowest BCUT2D eigenvalue weighted by molar-refractivity contribution is -0.192. The number of para-hydroxylation sites is 1. The lowest BCUT2D eigenvalue weighted by atomic mass is 10.1. The molecule has 5 aromatic rings. The third kappa shape index (κ3) is 7.65. The van der Waals surface area contributed by atoms with E-state index in [1.807, 2.05) is 41.3 Å². The van der Waals surface area contributed by atoms with Crippen molar-refractivity contribution in [1.29, 1.82) is 0 Å². The second-order valence-electron chi connectivity index (χ2n) is 10.4. The third-order valence-corrected chi connectivity index (χ3v) is 7.36. The Kier molecular flexibility index (Phi) is 10.5. The minimum Gasteiger partial charge on any atom is -0.494 e. The number of aromatic nitrogens is 8. The van der Waals surface area contributed by atoms with E-state index in [-0.39, 0.29) is 12.2 Å². The van der Waals surface area contributed by atoms with Gasteiger partial charge in [0.2, 0.25) is 5.95 Å². The van der Waals surface area contributed by atoms with Crippen LogP contribution in [0.3, 0.4) is 0 Å². The number of piperazine rings is 1. The maximum Gasteiger partial charge on any atom is 0.490 e. The molecule has 0 unspecified atom stereocenters. The number of pyridine rings is 1. The zero-order valence-electron chi connectivity index (χ0n) is 25.8. The molecule has 1 aliphatic rings. The quantitative estimate of drug-likeness (QED) is 0.0793. The molecule has 5 heterocycles. The second-order valence-corrected chi connectivity index (χ2v) is 10.4. The summed E-state index contributed by atoms with van der Waals surface area (Å²) >= 11 is 0. The first-order chi connectivity index (χ1) is 23.5. The van der Waals surface area contributed by atoms with Crippen LogP contribution < -0.4 is 15.0 Å². The predicted molar refractivity (Wildman–Crippen MR) is 165 cm³/mol. The number of ketones is 1. The van der Waals surface area contributed by atoms with Crippen molar-refractivity contribution in [1.82, 2.24) is 50.6 Å². The average Bonchev–Trinajstić information content (AvgIpc) is 3.88. The smallest absolute Gasteiger partial charge is 0.490 e. The van der Waals surface area contributed by atoms with Crippen LogP contribution in [0.1, 0.15) is 16.1 Å². The van der Waals surface area contributed by atoms with Gasteiger partial charge in [0.15, 0.2) is 0 Å². The summed E-state index contributed by atoms with van der Waals surface area (Å²) in [4.78, 5) is 47.0. The number of hydrogen-bond acceptors (Lipinski definition) is 12. The topological polar surface area (TPSA) is 220 Å². The Hall–Kier alpha value is -5.89. The SMILES string of the molecule is COc1cnc(-c2cc(CNCCO)[nH]n2)c2[nH]cc(C(=O)C(=O)N3CCN(c4nnnn4-c4ccccc4)CC3)c12.O=C(O)C(F)(F)F. The van der Waals surface area contributed by atoms with E-state index >= 15 is 0 Å². The van der Waals surface area contributed by atoms with Gasteiger partial charge in [-0.05, 0) is 28.6 Å². The first kappa shape index (κ1) is 34.4. The average molecular weight is 686 g/mol. The van der Waals surface area contributed by atoms with Crippen LogP contribution in [0.4, 0.5) is 19.1 Å². The number of fused-ring (bicyclic) bond motifs is 1. The molecule has 4 aromatic heterocycles. The van der Waals surface area contributed by atoms with Crippen molar-refractivity contribution in [2.75, 3.05) is 51.3 Å². The van der Waals surface area contributed by atoms with Crippen LogP contribution in [0, 0.1) is 0 Å². The maximum atomic E-state index is 13.5. The lowest BCUT2D eigenvalue weighted by Crippen LogP contribution is -2.51. The molecule has 1 amide bonds. The van der Waals surface area contributed by atoms with Crippen LogP contribution in [-0.2, 0) is 16.1 Å². The highest BCUT2D eigenvalue weighted by Gasteiger charge is 2.38. The number of carbonyl (C=O) groups is 3. The molecule has 1 fully saturated rings.